The molecule has 0 rings (SSSR count). The summed E-state index contributed by atoms with van der Waals surface area (Å²) >= 11 is 0. The van der Waals surface area contributed by atoms with E-state index < -0.39 is 0 Å². The van der Waals surface area contributed by atoms with Crippen LogP contribution in [0, 0.1) is 5.92 Å². The molecule has 2 N–H and O–H groups in total. The van der Waals surface area contributed by atoms with Gasteiger partial charge in [-0.25, -0.2) is 0 Å². The Labute approximate surface area is 81.3 Å². The van der Waals surface area contributed by atoms with Gasteiger partial charge < -0.3 is 10.6 Å². The maximum atomic E-state index is 11.3. The number of carbonyl (C=O) groups is 1. The minimum atomic E-state index is 0.0708. The van der Waals surface area contributed by atoms with Crippen molar-refractivity contribution < 1.29 is 4.79 Å². The van der Waals surface area contributed by atoms with E-state index in [1.54, 1.807) is 0 Å². The van der Waals surface area contributed by atoms with E-state index >= 15 is 0 Å². The predicted molar refractivity (Wildman–Crippen MR) is 55.6 cm³/mol. The van der Waals surface area contributed by atoms with Crippen LogP contribution in [0.4, 0.5) is 0 Å². The van der Waals surface area contributed by atoms with Gasteiger partial charge in [-0.2, -0.15) is 0 Å². The van der Waals surface area contributed by atoms with Gasteiger partial charge in [-0.1, -0.05) is 27.7 Å². The van der Waals surface area contributed by atoms with Crippen LogP contribution >= 0.6 is 0 Å². The zero-order valence-corrected chi connectivity index (χ0v) is 9.35. The summed E-state index contributed by atoms with van der Waals surface area (Å²) in [7, 11) is 0. The van der Waals surface area contributed by atoms with Gasteiger partial charge in [0.25, 0.3) is 0 Å². The van der Waals surface area contributed by atoms with Crippen LogP contribution < -0.4 is 10.6 Å². The van der Waals surface area contributed by atoms with Gasteiger partial charge in [-0.3, -0.25) is 4.79 Å². The Morgan fingerprint density at radius 2 is 1.69 bits per heavy atom. The fraction of sp³-hybridized carbons (Fsp3) is 0.900. The quantitative estimate of drug-likeness (QED) is 0.676. The second kappa shape index (κ2) is 5.97. The van der Waals surface area contributed by atoms with Crippen molar-refractivity contribution in [1.82, 2.24) is 10.6 Å². The van der Waals surface area contributed by atoms with Crippen molar-refractivity contribution in [3.8, 4) is 0 Å². The summed E-state index contributed by atoms with van der Waals surface area (Å²) in [6.07, 6.45) is 0. The monoisotopic (exact) mass is 186 g/mol. The molecule has 0 aliphatic heterocycles. The Balaban J connectivity index is 3.62. The first kappa shape index (κ1) is 12.4. The van der Waals surface area contributed by atoms with E-state index in [-0.39, 0.29) is 17.9 Å². The Morgan fingerprint density at radius 3 is 2.08 bits per heavy atom. The third kappa shape index (κ3) is 6.58. The molecule has 0 aliphatic rings. The molecule has 0 saturated heterocycles. The molecule has 1 unspecified atom stereocenters. The van der Waals surface area contributed by atoms with Crippen LogP contribution in [-0.4, -0.2) is 24.5 Å². The van der Waals surface area contributed by atoms with E-state index in [1.807, 2.05) is 20.8 Å². The van der Waals surface area contributed by atoms with E-state index in [2.05, 4.69) is 24.5 Å². The van der Waals surface area contributed by atoms with Gasteiger partial charge in [0.15, 0.2) is 0 Å². The zero-order chi connectivity index (χ0) is 10.4. The summed E-state index contributed by atoms with van der Waals surface area (Å²) in [5, 5.41) is 6.21. The van der Waals surface area contributed by atoms with Crippen molar-refractivity contribution in [2.24, 2.45) is 5.92 Å². The molecule has 13 heavy (non-hydrogen) atoms. The van der Waals surface area contributed by atoms with Crippen molar-refractivity contribution in [2.45, 2.75) is 46.7 Å². The minimum Gasteiger partial charge on any atom is -0.352 e. The van der Waals surface area contributed by atoms with Crippen LogP contribution in [0.25, 0.3) is 0 Å². The molecule has 0 saturated carbocycles. The normalized spacial score (nSPS) is 13.5. The summed E-state index contributed by atoms with van der Waals surface area (Å²) in [5.74, 6) is 0.194. The Hall–Kier alpha value is -0.570. The van der Waals surface area contributed by atoms with Gasteiger partial charge >= 0.3 is 0 Å². The van der Waals surface area contributed by atoms with E-state index in [1.165, 1.54) is 0 Å². The molecule has 3 heteroatoms. The standard InChI is InChI=1S/C10H22N2O/c1-7(2)10(13)12-9(5)6-11-8(3)4/h7-9,11H,6H2,1-5H3,(H,12,13). The molecular weight excluding hydrogens is 164 g/mol. The third-order valence-corrected chi connectivity index (χ3v) is 1.75. The highest BCUT2D eigenvalue weighted by Gasteiger charge is 2.10. The van der Waals surface area contributed by atoms with Crippen molar-refractivity contribution in [1.29, 1.82) is 0 Å². The van der Waals surface area contributed by atoms with E-state index in [0.29, 0.717) is 6.04 Å². The molecule has 0 fully saturated rings. The lowest BCUT2D eigenvalue weighted by atomic mass is 10.2. The van der Waals surface area contributed by atoms with Gasteiger partial charge in [0.1, 0.15) is 0 Å². The van der Waals surface area contributed by atoms with E-state index in [0.717, 1.165) is 6.54 Å². The molecule has 0 aromatic heterocycles. The number of rotatable bonds is 5. The highest BCUT2D eigenvalue weighted by molar-refractivity contribution is 5.78. The van der Waals surface area contributed by atoms with E-state index in [4.69, 9.17) is 0 Å². The van der Waals surface area contributed by atoms with Crippen LogP contribution in [-0.2, 0) is 4.79 Å². The lowest BCUT2D eigenvalue weighted by molar-refractivity contribution is -0.124. The molecule has 0 spiro atoms. The first-order valence-corrected chi connectivity index (χ1v) is 4.97. The first-order valence-electron chi connectivity index (χ1n) is 4.97. The maximum absolute atomic E-state index is 11.3. The fourth-order valence-electron chi connectivity index (χ4n) is 0.873. The fourth-order valence-corrected chi connectivity index (χ4v) is 0.873. The summed E-state index contributed by atoms with van der Waals surface area (Å²) < 4.78 is 0. The highest BCUT2D eigenvalue weighted by Crippen LogP contribution is 1.92. The van der Waals surface area contributed by atoms with Crippen LogP contribution in [0.2, 0.25) is 0 Å². The molecule has 1 atom stereocenters. The maximum Gasteiger partial charge on any atom is 0.222 e. The van der Waals surface area contributed by atoms with Gasteiger partial charge in [-0.15, -0.1) is 0 Å². The topological polar surface area (TPSA) is 41.1 Å². The van der Waals surface area contributed by atoms with Crippen LogP contribution in [0.5, 0.6) is 0 Å². The van der Waals surface area contributed by atoms with Gasteiger partial charge in [-0.05, 0) is 6.92 Å². The number of hydrogen-bond donors (Lipinski definition) is 2. The average molecular weight is 186 g/mol. The molecule has 0 heterocycles. The van der Waals surface area contributed by atoms with Gasteiger partial charge in [0.05, 0.1) is 0 Å². The van der Waals surface area contributed by atoms with E-state index in [9.17, 15) is 4.79 Å². The smallest absolute Gasteiger partial charge is 0.222 e. The first-order chi connectivity index (χ1) is 5.93. The molecule has 0 bridgehead atoms. The third-order valence-electron chi connectivity index (χ3n) is 1.75. The summed E-state index contributed by atoms with van der Waals surface area (Å²) in [6.45, 7) is 10.8. The Morgan fingerprint density at radius 1 is 1.15 bits per heavy atom. The molecule has 3 nitrogen and oxygen atoms in total. The number of amides is 1. The van der Waals surface area contributed by atoms with Gasteiger partial charge in [0.2, 0.25) is 5.91 Å². The predicted octanol–water partition coefficient (Wildman–Crippen LogP) is 1.15. The molecule has 0 aliphatic carbocycles. The Kier molecular flexibility index (Phi) is 5.71. The zero-order valence-electron chi connectivity index (χ0n) is 9.35. The summed E-state index contributed by atoms with van der Waals surface area (Å²) in [5.41, 5.74) is 0. The van der Waals surface area contributed by atoms with Crippen molar-refractivity contribution in [3.63, 3.8) is 0 Å². The van der Waals surface area contributed by atoms with Gasteiger partial charge in [0, 0.05) is 24.5 Å². The average Bonchev–Trinajstić information content (AvgIpc) is 2.00. The molecule has 0 aromatic carbocycles. The highest BCUT2D eigenvalue weighted by atomic mass is 16.1. The Bertz CT molecular complexity index is 155. The van der Waals surface area contributed by atoms with Crippen LogP contribution in [0.15, 0.2) is 0 Å². The van der Waals surface area contributed by atoms with Crippen molar-refractivity contribution in [2.75, 3.05) is 6.54 Å². The molecule has 1 amide bonds. The lowest BCUT2D eigenvalue weighted by Gasteiger charge is -2.17. The SMILES string of the molecule is CC(C)NCC(C)NC(=O)C(C)C. The minimum absolute atomic E-state index is 0.0708. The van der Waals surface area contributed by atoms with Crippen molar-refractivity contribution in [3.05, 3.63) is 0 Å². The number of nitrogens with one attached hydrogen (secondary N) is 2. The molecule has 0 radical (unpaired) electrons. The molecule has 0 aromatic rings. The molecule has 78 valence electrons. The second-order valence-corrected chi connectivity index (χ2v) is 4.13. The molecular formula is C10H22N2O. The van der Waals surface area contributed by atoms with Crippen LogP contribution in [0.1, 0.15) is 34.6 Å². The largest absolute Gasteiger partial charge is 0.352 e. The number of hydrogen-bond acceptors (Lipinski definition) is 2. The summed E-state index contributed by atoms with van der Waals surface area (Å²) in [4.78, 5) is 11.3. The van der Waals surface area contributed by atoms with Crippen LogP contribution in [0.3, 0.4) is 0 Å². The summed E-state index contributed by atoms with van der Waals surface area (Å²) in [6, 6.07) is 0.677. The number of carbonyl (C=O) groups excluding carboxylic acids is 1. The second-order valence-electron chi connectivity index (χ2n) is 4.13. The van der Waals surface area contributed by atoms with Crippen molar-refractivity contribution >= 4 is 5.91 Å². The lowest BCUT2D eigenvalue weighted by Crippen LogP contribution is -2.43.